The first-order chi connectivity index (χ1) is 11.2. The smallest absolute Gasteiger partial charge is 0.311 e. The molecule has 5 nitrogen and oxygen atoms in total. The van der Waals surface area contributed by atoms with Gasteiger partial charge in [0.25, 0.3) is 0 Å². The Bertz CT molecular complexity index is 687. The molecule has 3 rings (SSSR count). The third-order valence-electron chi connectivity index (χ3n) is 4.28. The lowest BCUT2D eigenvalue weighted by Crippen LogP contribution is -2.19. The third-order valence-corrected chi connectivity index (χ3v) is 4.28. The predicted molar refractivity (Wildman–Crippen MR) is 88.5 cm³/mol. The van der Waals surface area contributed by atoms with E-state index >= 15 is 0 Å². The van der Waals surface area contributed by atoms with E-state index in [-0.39, 0.29) is 12.2 Å². The number of rotatable bonds is 5. The average Bonchev–Trinajstić information content (AvgIpc) is 2.96. The van der Waals surface area contributed by atoms with Crippen molar-refractivity contribution in [2.24, 2.45) is 0 Å². The second-order valence-electron chi connectivity index (χ2n) is 6.16. The van der Waals surface area contributed by atoms with Gasteiger partial charge in [0, 0.05) is 18.4 Å². The number of ether oxygens (including phenoxy) is 2. The van der Waals surface area contributed by atoms with Gasteiger partial charge in [0.2, 0.25) is 0 Å². The van der Waals surface area contributed by atoms with Crippen LogP contribution in [0.25, 0.3) is 10.9 Å². The summed E-state index contributed by atoms with van der Waals surface area (Å²) < 4.78 is 13.3. The predicted octanol–water partition coefficient (Wildman–Crippen LogP) is 4.14. The second kappa shape index (κ2) is 7.13. The van der Waals surface area contributed by atoms with Crippen molar-refractivity contribution in [1.29, 1.82) is 0 Å². The van der Waals surface area contributed by atoms with Gasteiger partial charge in [-0.1, -0.05) is 13.3 Å². The Labute approximate surface area is 136 Å². The molecule has 1 saturated heterocycles. The SMILES string of the molecule is CCCCC(=O)Oc1cc2cnn(C3CCCCO3)c2cc1C. The van der Waals surface area contributed by atoms with Crippen LogP contribution in [-0.2, 0) is 9.53 Å². The van der Waals surface area contributed by atoms with Crippen LogP contribution in [-0.4, -0.2) is 22.4 Å². The summed E-state index contributed by atoms with van der Waals surface area (Å²) in [5, 5.41) is 5.46. The Kier molecular flexibility index (Phi) is 4.96. The van der Waals surface area contributed by atoms with Gasteiger partial charge in [0.15, 0.2) is 6.23 Å². The number of hydrogen-bond donors (Lipinski definition) is 0. The number of aromatic nitrogens is 2. The van der Waals surface area contributed by atoms with Crippen LogP contribution in [0.4, 0.5) is 0 Å². The molecule has 23 heavy (non-hydrogen) atoms. The number of carbonyl (C=O) groups excluding carboxylic acids is 1. The average molecular weight is 316 g/mol. The molecule has 1 aromatic carbocycles. The van der Waals surface area contributed by atoms with Crippen LogP contribution >= 0.6 is 0 Å². The zero-order valence-corrected chi connectivity index (χ0v) is 13.9. The first-order valence-electron chi connectivity index (χ1n) is 8.49. The largest absolute Gasteiger partial charge is 0.426 e. The topological polar surface area (TPSA) is 53.3 Å². The first kappa shape index (κ1) is 16.0. The van der Waals surface area contributed by atoms with Crippen LogP contribution in [0, 0.1) is 6.92 Å². The summed E-state index contributed by atoms with van der Waals surface area (Å²) in [6.07, 6.45) is 7.41. The fourth-order valence-corrected chi connectivity index (χ4v) is 2.93. The Morgan fingerprint density at radius 3 is 3.04 bits per heavy atom. The summed E-state index contributed by atoms with van der Waals surface area (Å²) in [6, 6.07) is 3.93. The van der Waals surface area contributed by atoms with Crippen LogP contribution in [0.15, 0.2) is 18.3 Å². The van der Waals surface area contributed by atoms with Gasteiger partial charge in [0.05, 0.1) is 11.7 Å². The van der Waals surface area contributed by atoms with Crippen molar-refractivity contribution in [2.75, 3.05) is 6.61 Å². The molecule has 0 aliphatic carbocycles. The molecule has 1 fully saturated rings. The highest BCUT2D eigenvalue weighted by Gasteiger charge is 2.19. The first-order valence-corrected chi connectivity index (χ1v) is 8.49. The Morgan fingerprint density at radius 2 is 2.30 bits per heavy atom. The van der Waals surface area contributed by atoms with E-state index in [9.17, 15) is 4.79 Å². The van der Waals surface area contributed by atoms with Crippen LogP contribution in [0.1, 0.15) is 57.2 Å². The normalized spacial score (nSPS) is 18.3. The maximum atomic E-state index is 11.8. The number of carbonyl (C=O) groups is 1. The molecule has 2 aromatic rings. The number of nitrogens with zero attached hydrogens (tertiary/aromatic N) is 2. The van der Waals surface area contributed by atoms with Crippen LogP contribution in [0.2, 0.25) is 0 Å². The number of fused-ring (bicyclic) bond motifs is 1. The molecular weight excluding hydrogens is 292 g/mol. The molecule has 2 heterocycles. The van der Waals surface area contributed by atoms with E-state index in [1.165, 1.54) is 0 Å². The maximum Gasteiger partial charge on any atom is 0.311 e. The molecule has 1 atom stereocenters. The van der Waals surface area contributed by atoms with Crippen LogP contribution in [0.5, 0.6) is 5.75 Å². The molecule has 1 aliphatic heterocycles. The Hall–Kier alpha value is -1.88. The zero-order valence-electron chi connectivity index (χ0n) is 13.9. The van der Waals surface area contributed by atoms with Gasteiger partial charge < -0.3 is 9.47 Å². The summed E-state index contributed by atoms with van der Waals surface area (Å²) in [5.74, 6) is 0.458. The molecule has 124 valence electrons. The summed E-state index contributed by atoms with van der Waals surface area (Å²) in [7, 11) is 0. The van der Waals surface area contributed by atoms with Crippen molar-refractivity contribution in [1.82, 2.24) is 9.78 Å². The molecular formula is C18H24N2O3. The second-order valence-corrected chi connectivity index (χ2v) is 6.16. The van der Waals surface area contributed by atoms with E-state index in [4.69, 9.17) is 9.47 Å². The molecule has 0 radical (unpaired) electrons. The fourth-order valence-electron chi connectivity index (χ4n) is 2.93. The quantitative estimate of drug-likeness (QED) is 0.614. The van der Waals surface area contributed by atoms with Gasteiger partial charge in [-0.3, -0.25) is 4.79 Å². The van der Waals surface area contributed by atoms with Crippen molar-refractivity contribution >= 4 is 16.9 Å². The van der Waals surface area contributed by atoms with Crippen LogP contribution in [0.3, 0.4) is 0 Å². The minimum absolute atomic E-state index is 0.0126. The molecule has 0 spiro atoms. The highest BCUT2D eigenvalue weighted by molar-refractivity contribution is 5.83. The number of aryl methyl sites for hydroxylation is 1. The van der Waals surface area contributed by atoms with E-state index in [0.29, 0.717) is 12.2 Å². The molecule has 5 heteroatoms. The van der Waals surface area contributed by atoms with E-state index in [2.05, 4.69) is 12.0 Å². The molecule has 1 aliphatic rings. The maximum absolute atomic E-state index is 11.8. The highest BCUT2D eigenvalue weighted by Crippen LogP contribution is 2.30. The van der Waals surface area contributed by atoms with E-state index < -0.39 is 0 Å². The number of unbranched alkanes of at least 4 members (excludes halogenated alkanes) is 1. The lowest BCUT2D eigenvalue weighted by atomic mass is 10.1. The van der Waals surface area contributed by atoms with Gasteiger partial charge in [-0.15, -0.1) is 0 Å². The number of benzene rings is 1. The molecule has 1 aromatic heterocycles. The molecule has 0 amide bonds. The Morgan fingerprint density at radius 1 is 1.43 bits per heavy atom. The van der Waals surface area contributed by atoms with Crippen LogP contribution < -0.4 is 4.74 Å². The van der Waals surface area contributed by atoms with Crippen molar-refractivity contribution < 1.29 is 14.3 Å². The summed E-state index contributed by atoms with van der Waals surface area (Å²) in [6.45, 7) is 4.81. The van der Waals surface area contributed by atoms with Gasteiger partial charge in [-0.25, -0.2) is 4.68 Å². The zero-order chi connectivity index (χ0) is 16.2. The standard InChI is InChI=1S/C18H24N2O3/c1-3-4-8-18(21)23-16-11-14-12-19-20(15(14)10-13(16)2)17-7-5-6-9-22-17/h10-12,17H,3-9H2,1-2H3. The molecule has 0 bridgehead atoms. The minimum Gasteiger partial charge on any atom is -0.426 e. The minimum atomic E-state index is -0.169. The third kappa shape index (κ3) is 3.55. The lowest BCUT2D eigenvalue weighted by Gasteiger charge is -2.23. The van der Waals surface area contributed by atoms with Gasteiger partial charge in [-0.2, -0.15) is 5.10 Å². The summed E-state index contributed by atoms with van der Waals surface area (Å²) >= 11 is 0. The summed E-state index contributed by atoms with van der Waals surface area (Å²) in [5.41, 5.74) is 1.97. The fraction of sp³-hybridized carbons (Fsp3) is 0.556. The van der Waals surface area contributed by atoms with Crippen molar-refractivity contribution in [3.63, 3.8) is 0 Å². The number of hydrogen-bond acceptors (Lipinski definition) is 4. The van der Waals surface area contributed by atoms with Crippen molar-refractivity contribution in [3.05, 3.63) is 23.9 Å². The van der Waals surface area contributed by atoms with Crippen molar-refractivity contribution in [2.45, 2.75) is 58.6 Å². The van der Waals surface area contributed by atoms with Gasteiger partial charge >= 0.3 is 5.97 Å². The monoisotopic (exact) mass is 316 g/mol. The number of esters is 1. The van der Waals surface area contributed by atoms with E-state index in [0.717, 1.165) is 55.2 Å². The Balaban J connectivity index is 1.83. The highest BCUT2D eigenvalue weighted by atomic mass is 16.5. The lowest BCUT2D eigenvalue weighted by molar-refractivity contribution is -0.134. The molecule has 0 saturated carbocycles. The van der Waals surface area contributed by atoms with Gasteiger partial charge in [0.1, 0.15) is 5.75 Å². The van der Waals surface area contributed by atoms with E-state index in [1.54, 1.807) is 0 Å². The molecule has 0 N–H and O–H groups in total. The molecule has 1 unspecified atom stereocenters. The summed E-state index contributed by atoms with van der Waals surface area (Å²) in [4.78, 5) is 11.8. The van der Waals surface area contributed by atoms with Crippen molar-refractivity contribution in [3.8, 4) is 5.75 Å². The van der Waals surface area contributed by atoms with Gasteiger partial charge in [-0.05, 0) is 50.3 Å². The van der Waals surface area contributed by atoms with E-state index in [1.807, 2.05) is 29.9 Å².